The second kappa shape index (κ2) is 7.81. The first kappa shape index (κ1) is 14.6. The minimum Gasteiger partial charge on any atom is -0.382 e. The van der Waals surface area contributed by atoms with Crippen LogP contribution in [0, 0.1) is 0 Å². The highest BCUT2D eigenvalue weighted by Gasteiger charge is 2.14. The third-order valence-corrected chi connectivity index (χ3v) is 2.52. The van der Waals surface area contributed by atoms with E-state index in [-0.39, 0.29) is 5.91 Å². The van der Waals surface area contributed by atoms with Gasteiger partial charge in [-0.05, 0) is 18.6 Å². The van der Waals surface area contributed by atoms with Crippen molar-refractivity contribution in [3.63, 3.8) is 0 Å². The number of benzene rings is 1. The monoisotopic (exact) mass is 252 g/mol. The van der Waals surface area contributed by atoms with Crippen molar-refractivity contribution in [2.75, 3.05) is 25.6 Å². The molecule has 0 radical (unpaired) electrons. The Hall–Kier alpha value is -1.43. The van der Waals surface area contributed by atoms with Crippen LogP contribution in [0.1, 0.15) is 12.5 Å². The molecule has 100 valence electrons. The Labute approximate surface area is 107 Å². The number of hydrogen-bond donors (Lipinski definition) is 2. The SMILES string of the molecule is COCCOC(C)C(=O)Nc1ccccc1CN. The van der Waals surface area contributed by atoms with Gasteiger partial charge in [-0.15, -0.1) is 0 Å². The van der Waals surface area contributed by atoms with Crippen molar-refractivity contribution in [1.29, 1.82) is 0 Å². The van der Waals surface area contributed by atoms with Crippen molar-refractivity contribution in [2.24, 2.45) is 5.73 Å². The highest BCUT2D eigenvalue weighted by Crippen LogP contribution is 2.14. The summed E-state index contributed by atoms with van der Waals surface area (Å²) in [6, 6.07) is 7.44. The number of nitrogens with two attached hydrogens (primary N) is 1. The fourth-order valence-electron chi connectivity index (χ4n) is 1.44. The number of rotatable bonds is 7. The molecule has 1 unspecified atom stereocenters. The molecule has 0 aliphatic rings. The Morgan fingerprint density at radius 2 is 2.11 bits per heavy atom. The molecule has 1 rings (SSSR count). The molecular formula is C13H20N2O3. The third kappa shape index (κ3) is 4.44. The van der Waals surface area contributed by atoms with Gasteiger partial charge in [0.05, 0.1) is 13.2 Å². The molecule has 3 N–H and O–H groups in total. The van der Waals surface area contributed by atoms with Gasteiger partial charge in [0.1, 0.15) is 6.10 Å². The lowest BCUT2D eigenvalue weighted by Crippen LogP contribution is -2.29. The van der Waals surface area contributed by atoms with Gasteiger partial charge in [0.2, 0.25) is 0 Å². The number of carbonyl (C=O) groups is 1. The molecule has 0 aromatic heterocycles. The first-order chi connectivity index (χ1) is 8.69. The molecule has 0 bridgehead atoms. The summed E-state index contributed by atoms with van der Waals surface area (Å²) in [5.74, 6) is -0.188. The van der Waals surface area contributed by atoms with Crippen molar-refractivity contribution in [3.8, 4) is 0 Å². The molecule has 0 fully saturated rings. The molecule has 1 aromatic carbocycles. The van der Waals surface area contributed by atoms with E-state index in [1.807, 2.05) is 24.3 Å². The Morgan fingerprint density at radius 1 is 1.39 bits per heavy atom. The lowest BCUT2D eigenvalue weighted by atomic mass is 10.1. The number of ether oxygens (including phenoxy) is 2. The molecule has 18 heavy (non-hydrogen) atoms. The topological polar surface area (TPSA) is 73.6 Å². The first-order valence-corrected chi connectivity index (χ1v) is 5.88. The normalized spacial score (nSPS) is 12.2. The van der Waals surface area contributed by atoms with E-state index in [0.29, 0.717) is 19.8 Å². The van der Waals surface area contributed by atoms with Crippen molar-refractivity contribution in [1.82, 2.24) is 0 Å². The third-order valence-electron chi connectivity index (χ3n) is 2.52. The minimum atomic E-state index is -0.522. The van der Waals surface area contributed by atoms with Gasteiger partial charge in [-0.2, -0.15) is 0 Å². The van der Waals surface area contributed by atoms with Crippen molar-refractivity contribution < 1.29 is 14.3 Å². The van der Waals surface area contributed by atoms with E-state index >= 15 is 0 Å². The van der Waals surface area contributed by atoms with Crippen LogP contribution in [0.3, 0.4) is 0 Å². The Bertz CT molecular complexity index is 382. The van der Waals surface area contributed by atoms with Crippen LogP contribution >= 0.6 is 0 Å². The molecule has 0 aliphatic heterocycles. The van der Waals surface area contributed by atoms with Crippen molar-refractivity contribution in [3.05, 3.63) is 29.8 Å². The highest BCUT2D eigenvalue weighted by molar-refractivity contribution is 5.94. The Morgan fingerprint density at radius 3 is 2.78 bits per heavy atom. The quantitative estimate of drug-likeness (QED) is 0.714. The fraction of sp³-hybridized carbons (Fsp3) is 0.462. The summed E-state index contributed by atoms with van der Waals surface area (Å²) in [6.45, 7) is 2.95. The maximum Gasteiger partial charge on any atom is 0.253 e. The molecule has 0 spiro atoms. The van der Waals surface area contributed by atoms with Crippen molar-refractivity contribution >= 4 is 11.6 Å². The highest BCUT2D eigenvalue weighted by atomic mass is 16.5. The van der Waals surface area contributed by atoms with Gasteiger partial charge in [-0.3, -0.25) is 4.79 Å². The molecule has 5 nitrogen and oxygen atoms in total. The van der Waals surface area contributed by atoms with Gasteiger partial charge in [-0.25, -0.2) is 0 Å². The van der Waals surface area contributed by atoms with Crippen LogP contribution in [0.15, 0.2) is 24.3 Å². The van der Waals surface area contributed by atoms with E-state index in [1.165, 1.54) is 0 Å². The molecule has 0 aliphatic carbocycles. The van der Waals surface area contributed by atoms with E-state index < -0.39 is 6.10 Å². The fourth-order valence-corrected chi connectivity index (χ4v) is 1.44. The summed E-state index contributed by atoms with van der Waals surface area (Å²) in [5.41, 5.74) is 7.23. The smallest absolute Gasteiger partial charge is 0.253 e. The van der Waals surface area contributed by atoms with E-state index in [4.69, 9.17) is 15.2 Å². The number of nitrogens with one attached hydrogen (secondary N) is 1. The standard InChI is InChI=1S/C13H20N2O3/c1-10(18-8-7-17-2)13(16)15-12-6-4-3-5-11(12)9-14/h3-6,10H,7-9,14H2,1-2H3,(H,15,16). The average Bonchev–Trinajstić information content (AvgIpc) is 2.39. The molecule has 0 saturated carbocycles. The van der Waals surface area contributed by atoms with E-state index in [2.05, 4.69) is 5.32 Å². The van der Waals surface area contributed by atoms with Crippen molar-refractivity contribution in [2.45, 2.75) is 19.6 Å². The molecular weight excluding hydrogens is 232 g/mol. The summed E-state index contributed by atoms with van der Waals surface area (Å²) in [5, 5.41) is 2.80. The number of para-hydroxylation sites is 1. The van der Waals surface area contributed by atoms with E-state index in [1.54, 1.807) is 14.0 Å². The van der Waals surface area contributed by atoms with Gasteiger partial charge in [0, 0.05) is 19.3 Å². The van der Waals surface area contributed by atoms with Gasteiger partial charge < -0.3 is 20.5 Å². The lowest BCUT2D eigenvalue weighted by molar-refractivity contribution is -0.127. The summed E-state index contributed by atoms with van der Waals surface area (Å²) in [6.07, 6.45) is -0.522. The molecule has 1 amide bonds. The molecule has 0 saturated heterocycles. The van der Waals surface area contributed by atoms with E-state index in [9.17, 15) is 4.79 Å². The molecule has 5 heteroatoms. The zero-order valence-corrected chi connectivity index (χ0v) is 10.8. The second-order valence-corrected chi connectivity index (χ2v) is 3.86. The Kier molecular flexibility index (Phi) is 6.35. The summed E-state index contributed by atoms with van der Waals surface area (Å²) < 4.78 is 10.2. The van der Waals surface area contributed by atoms with Crippen LogP contribution in [0.2, 0.25) is 0 Å². The van der Waals surface area contributed by atoms with Gasteiger partial charge in [0.15, 0.2) is 0 Å². The zero-order chi connectivity index (χ0) is 13.4. The van der Waals surface area contributed by atoms with Crippen LogP contribution in [0.4, 0.5) is 5.69 Å². The number of anilines is 1. The summed E-state index contributed by atoms with van der Waals surface area (Å²) in [7, 11) is 1.59. The second-order valence-electron chi connectivity index (χ2n) is 3.86. The van der Waals surface area contributed by atoms with Crippen LogP contribution in [0.5, 0.6) is 0 Å². The van der Waals surface area contributed by atoms with Gasteiger partial charge >= 0.3 is 0 Å². The molecule has 0 heterocycles. The van der Waals surface area contributed by atoms with Crippen LogP contribution < -0.4 is 11.1 Å². The minimum absolute atomic E-state index is 0.188. The van der Waals surface area contributed by atoms with E-state index in [0.717, 1.165) is 11.3 Å². The zero-order valence-electron chi connectivity index (χ0n) is 10.8. The first-order valence-electron chi connectivity index (χ1n) is 5.88. The Balaban J connectivity index is 2.53. The average molecular weight is 252 g/mol. The largest absolute Gasteiger partial charge is 0.382 e. The summed E-state index contributed by atoms with van der Waals surface area (Å²) in [4.78, 5) is 11.9. The number of hydrogen-bond acceptors (Lipinski definition) is 4. The maximum absolute atomic E-state index is 11.9. The van der Waals surface area contributed by atoms with Gasteiger partial charge in [-0.1, -0.05) is 18.2 Å². The van der Waals surface area contributed by atoms with Crippen LogP contribution in [-0.2, 0) is 20.8 Å². The van der Waals surface area contributed by atoms with Crippen LogP contribution in [0.25, 0.3) is 0 Å². The number of amides is 1. The summed E-state index contributed by atoms with van der Waals surface area (Å²) >= 11 is 0. The van der Waals surface area contributed by atoms with Gasteiger partial charge in [0.25, 0.3) is 5.91 Å². The molecule has 1 aromatic rings. The predicted octanol–water partition coefficient (Wildman–Crippen LogP) is 1.14. The predicted molar refractivity (Wildman–Crippen MR) is 70.3 cm³/mol. The number of methoxy groups -OCH3 is 1. The lowest BCUT2D eigenvalue weighted by Gasteiger charge is -2.14. The maximum atomic E-state index is 11.9. The molecule has 1 atom stereocenters. The van der Waals surface area contributed by atoms with Crippen LogP contribution in [-0.4, -0.2) is 32.3 Å². The number of carbonyl (C=O) groups excluding carboxylic acids is 1.